The number of benzene rings is 1. The lowest BCUT2D eigenvalue weighted by molar-refractivity contribution is -0.142. The van der Waals surface area contributed by atoms with Crippen molar-refractivity contribution in [2.75, 3.05) is 0 Å². The first-order valence-corrected chi connectivity index (χ1v) is 6.87. The minimum absolute atomic E-state index is 0.0738. The van der Waals surface area contributed by atoms with E-state index in [1.165, 1.54) is 35.4 Å². The predicted octanol–water partition coefficient (Wildman–Crippen LogP) is 2.57. The van der Waals surface area contributed by atoms with E-state index in [9.17, 15) is 18.0 Å². The highest BCUT2D eigenvalue weighted by Crippen LogP contribution is 2.39. The Morgan fingerprint density at radius 1 is 1.22 bits per heavy atom. The van der Waals surface area contributed by atoms with Crippen molar-refractivity contribution in [3.05, 3.63) is 59.2 Å². The van der Waals surface area contributed by atoms with Gasteiger partial charge in [-0.05, 0) is 5.56 Å². The number of nitrogens with two attached hydrogens (primary N) is 1. The predicted molar refractivity (Wildman–Crippen MR) is 75.2 cm³/mol. The van der Waals surface area contributed by atoms with Gasteiger partial charge in [0.15, 0.2) is 0 Å². The number of alkyl halides is 3. The van der Waals surface area contributed by atoms with Crippen LogP contribution in [-0.2, 0) is 13.1 Å². The maximum Gasteiger partial charge on any atom is 0.402 e. The minimum atomic E-state index is -4.52. The molecule has 1 atom stereocenters. The van der Waals surface area contributed by atoms with Crippen molar-refractivity contribution >= 4 is 6.03 Å². The highest BCUT2D eigenvalue weighted by Gasteiger charge is 2.44. The molecule has 1 aromatic carbocycles. The summed E-state index contributed by atoms with van der Waals surface area (Å²) < 4.78 is 40.5. The van der Waals surface area contributed by atoms with Crippen LogP contribution in [0.15, 0.2) is 36.5 Å². The average Bonchev–Trinajstić information content (AvgIpc) is 2.90. The SMILES string of the molecule is NC(=O)N1Cc2cnc(C(c3ccccc3)C(F)(F)F)nc2C1. The maximum absolute atomic E-state index is 13.5. The number of urea groups is 1. The van der Waals surface area contributed by atoms with Gasteiger partial charge in [-0.25, -0.2) is 14.8 Å². The third-order valence-electron chi connectivity index (χ3n) is 3.70. The second kappa shape index (κ2) is 5.53. The summed E-state index contributed by atoms with van der Waals surface area (Å²) in [4.78, 5) is 20.4. The molecule has 120 valence electrons. The normalized spacial score (nSPS) is 15.3. The number of carbonyl (C=O) groups is 1. The number of hydrogen-bond acceptors (Lipinski definition) is 3. The zero-order chi connectivity index (χ0) is 16.6. The van der Waals surface area contributed by atoms with E-state index in [1.54, 1.807) is 6.07 Å². The summed E-state index contributed by atoms with van der Waals surface area (Å²) in [7, 11) is 0. The van der Waals surface area contributed by atoms with Gasteiger partial charge in [-0.2, -0.15) is 13.2 Å². The number of rotatable bonds is 2. The molecule has 1 aliphatic heterocycles. The Bertz CT molecular complexity index is 733. The number of aromatic nitrogens is 2. The second-order valence-electron chi connectivity index (χ2n) is 5.28. The molecule has 2 heterocycles. The van der Waals surface area contributed by atoms with Gasteiger partial charge < -0.3 is 10.6 Å². The minimum Gasteiger partial charge on any atom is -0.351 e. The quantitative estimate of drug-likeness (QED) is 0.923. The van der Waals surface area contributed by atoms with Crippen LogP contribution in [0.5, 0.6) is 0 Å². The molecule has 0 fully saturated rings. The number of primary amides is 1. The number of halogens is 3. The number of nitrogens with zero attached hydrogens (tertiary/aromatic N) is 3. The van der Waals surface area contributed by atoms with Crippen LogP contribution in [0.25, 0.3) is 0 Å². The van der Waals surface area contributed by atoms with E-state index in [0.29, 0.717) is 11.3 Å². The van der Waals surface area contributed by atoms with Gasteiger partial charge in [0.2, 0.25) is 0 Å². The van der Waals surface area contributed by atoms with Gasteiger partial charge in [0.1, 0.15) is 11.7 Å². The molecule has 2 aromatic rings. The topological polar surface area (TPSA) is 72.1 Å². The zero-order valence-corrected chi connectivity index (χ0v) is 11.9. The van der Waals surface area contributed by atoms with Crippen LogP contribution in [0.3, 0.4) is 0 Å². The van der Waals surface area contributed by atoms with E-state index in [0.717, 1.165) is 0 Å². The van der Waals surface area contributed by atoms with Crippen molar-refractivity contribution in [1.29, 1.82) is 0 Å². The molecule has 0 spiro atoms. The zero-order valence-electron chi connectivity index (χ0n) is 11.9. The molecule has 2 N–H and O–H groups in total. The van der Waals surface area contributed by atoms with E-state index < -0.39 is 18.1 Å². The molecule has 5 nitrogen and oxygen atoms in total. The van der Waals surface area contributed by atoms with Gasteiger partial charge in [-0.1, -0.05) is 30.3 Å². The Kier molecular flexibility index (Phi) is 3.67. The van der Waals surface area contributed by atoms with Gasteiger partial charge in [0.25, 0.3) is 0 Å². The van der Waals surface area contributed by atoms with Crippen LogP contribution < -0.4 is 5.73 Å². The van der Waals surface area contributed by atoms with Gasteiger partial charge in [-0.15, -0.1) is 0 Å². The van der Waals surface area contributed by atoms with Gasteiger partial charge in [0.05, 0.1) is 18.8 Å². The largest absolute Gasteiger partial charge is 0.402 e. The van der Waals surface area contributed by atoms with Crippen molar-refractivity contribution in [3.8, 4) is 0 Å². The summed E-state index contributed by atoms with van der Waals surface area (Å²) in [5.41, 5.74) is 6.28. The van der Waals surface area contributed by atoms with Crippen molar-refractivity contribution in [2.45, 2.75) is 25.2 Å². The van der Waals surface area contributed by atoms with E-state index in [4.69, 9.17) is 5.73 Å². The third kappa shape index (κ3) is 2.96. The first-order chi connectivity index (χ1) is 10.9. The lowest BCUT2D eigenvalue weighted by atomic mass is 9.97. The summed E-state index contributed by atoms with van der Waals surface area (Å²) in [6.45, 7) is 0.312. The van der Waals surface area contributed by atoms with E-state index in [2.05, 4.69) is 9.97 Å². The van der Waals surface area contributed by atoms with Crippen LogP contribution in [0, 0.1) is 0 Å². The highest BCUT2D eigenvalue weighted by molar-refractivity contribution is 5.72. The molecular weight excluding hydrogens is 309 g/mol. The van der Waals surface area contributed by atoms with Gasteiger partial charge in [-0.3, -0.25) is 0 Å². The van der Waals surface area contributed by atoms with E-state index >= 15 is 0 Å². The van der Waals surface area contributed by atoms with Gasteiger partial charge in [0, 0.05) is 11.8 Å². The van der Waals surface area contributed by atoms with E-state index in [-0.39, 0.29) is 24.5 Å². The molecule has 0 radical (unpaired) electrons. The third-order valence-corrected chi connectivity index (χ3v) is 3.70. The summed E-state index contributed by atoms with van der Waals surface area (Å²) in [5.74, 6) is -2.23. The Hall–Kier alpha value is -2.64. The molecule has 0 bridgehead atoms. The summed E-state index contributed by atoms with van der Waals surface area (Å²) in [5, 5.41) is 0. The fourth-order valence-corrected chi connectivity index (χ4v) is 2.59. The molecular formula is C15H13F3N4O. The number of amides is 2. The van der Waals surface area contributed by atoms with Crippen LogP contribution in [0.4, 0.5) is 18.0 Å². The lowest BCUT2D eigenvalue weighted by Gasteiger charge is -2.19. The monoisotopic (exact) mass is 322 g/mol. The fraction of sp³-hybridized carbons (Fsp3) is 0.267. The Labute approximate surface area is 130 Å². The lowest BCUT2D eigenvalue weighted by Crippen LogP contribution is -2.30. The van der Waals surface area contributed by atoms with Crippen molar-refractivity contribution in [1.82, 2.24) is 14.9 Å². The first-order valence-electron chi connectivity index (χ1n) is 6.87. The van der Waals surface area contributed by atoms with Crippen LogP contribution in [0.2, 0.25) is 0 Å². The molecule has 3 rings (SSSR count). The standard InChI is InChI=1S/C15H13F3N4O/c16-15(17,18)12(9-4-2-1-3-5-9)13-20-6-10-7-22(14(19)23)8-11(10)21-13/h1-6,12H,7-8H2,(H2,19,23). The Morgan fingerprint density at radius 2 is 1.91 bits per heavy atom. The molecule has 0 saturated carbocycles. The molecule has 23 heavy (non-hydrogen) atoms. The maximum atomic E-state index is 13.5. The Morgan fingerprint density at radius 3 is 2.52 bits per heavy atom. The fourth-order valence-electron chi connectivity index (χ4n) is 2.59. The van der Waals surface area contributed by atoms with Crippen LogP contribution in [-0.4, -0.2) is 27.1 Å². The molecule has 1 aromatic heterocycles. The van der Waals surface area contributed by atoms with E-state index in [1.807, 2.05) is 0 Å². The van der Waals surface area contributed by atoms with Crippen LogP contribution >= 0.6 is 0 Å². The van der Waals surface area contributed by atoms with Crippen molar-refractivity contribution in [2.24, 2.45) is 5.73 Å². The smallest absolute Gasteiger partial charge is 0.351 e. The Balaban J connectivity index is 2.00. The van der Waals surface area contributed by atoms with Gasteiger partial charge >= 0.3 is 12.2 Å². The van der Waals surface area contributed by atoms with Crippen molar-refractivity contribution in [3.63, 3.8) is 0 Å². The van der Waals surface area contributed by atoms with Crippen LogP contribution in [0.1, 0.15) is 28.6 Å². The average molecular weight is 322 g/mol. The van der Waals surface area contributed by atoms with Crippen molar-refractivity contribution < 1.29 is 18.0 Å². The summed E-state index contributed by atoms with van der Waals surface area (Å²) in [6.07, 6.45) is -3.18. The molecule has 0 saturated heterocycles. The molecule has 1 unspecified atom stereocenters. The molecule has 0 aliphatic carbocycles. The molecule has 8 heteroatoms. The number of hydrogen-bond donors (Lipinski definition) is 1. The highest BCUT2D eigenvalue weighted by atomic mass is 19.4. The molecule has 1 aliphatic rings. The summed E-state index contributed by atoms with van der Waals surface area (Å²) in [6, 6.07) is 6.87. The number of fused-ring (bicyclic) bond motifs is 1. The second-order valence-corrected chi connectivity index (χ2v) is 5.28. The molecule has 2 amide bonds. The number of carbonyl (C=O) groups excluding carboxylic acids is 1. The first kappa shape index (κ1) is 15.3. The summed E-state index contributed by atoms with van der Waals surface area (Å²) >= 11 is 0.